The quantitative estimate of drug-likeness (QED) is 0.0820. The summed E-state index contributed by atoms with van der Waals surface area (Å²) in [5.74, 6) is -2.56. The van der Waals surface area contributed by atoms with Gasteiger partial charge >= 0.3 is 17.9 Å². The van der Waals surface area contributed by atoms with Crippen molar-refractivity contribution < 1.29 is 28.6 Å². The smallest absolute Gasteiger partial charge is 0.356 e. The number of carbonyl (C=O) groups excluding carboxylic acids is 3. The van der Waals surface area contributed by atoms with Crippen molar-refractivity contribution in [1.29, 1.82) is 0 Å². The molecular weight excluding hydrogens is 590 g/mol. The Morgan fingerprint density at radius 2 is 1.38 bits per heavy atom. The van der Waals surface area contributed by atoms with E-state index in [1.54, 1.807) is 13.8 Å². The molecule has 4 atom stereocenters. The van der Waals surface area contributed by atoms with Crippen LogP contribution in [0.3, 0.4) is 0 Å². The summed E-state index contributed by atoms with van der Waals surface area (Å²) in [7, 11) is 0. The standard InChI is InChI=1S/C40H47NO6/c1-6-45-36(42)27-31(38(43)47-35-25-28(3)23-24-33(35)40(4,5)32-21-15-10-16-22-32)26-34(39(44)46-7-2)41-37(29-17-11-8-12-18-29)30-19-13-9-14-20-30/h8-22,26,28,31,33,35H,6-7,23-25,27H2,1-5H3/b34-26-/t28?,31-,33?,35?/m0/s1. The van der Waals surface area contributed by atoms with E-state index in [9.17, 15) is 14.4 Å². The maximum absolute atomic E-state index is 14.1. The molecule has 0 amide bonds. The molecule has 0 spiro atoms. The molecule has 1 saturated carbocycles. The van der Waals surface area contributed by atoms with Crippen molar-refractivity contribution in [3.63, 3.8) is 0 Å². The topological polar surface area (TPSA) is 91.3 Å². The van der Waals surface area contributed by atoms with Crippen LogP contribution in [0.4, 0.5) is 0 Å². The van der Waals surface area contributed by atoms with Gasteiger partial charge in [0.15, 0.2) is 0 Å². The lowest BCUT2D eigenvalue weighted by Crippen LogP contribution is -2.44. The maximum atomic E-state index is 14.1. The van der Waals surface area contributed by atoms with Crippen LogP contribution in [0, 0.1) is 17.8 Å². The molecular formula is C40H47NO6. The van der Waals surface area contributed by atoms with Crippen LogP contribution in [0.1, 0.15) is 77.0 Å². The van der Waals surface area contributed by atoms with Crippen LogP contribution in [-0.2, 0) is 34.0 Å². The number of benzene rings is 3. The van der Waals surface area contributed by atoms with Crippen molar-refractivity contribution in [1.82, 2.24) is 0 Å². The van der Waals surface area contributed by atoms with Gasteiger partial charge in [0.1, 0.15) is 11.8 Å². The van der Waals surface area contributed by atoms with Crippen LogP contribution in [0.25, 0.3) is 0 Å². The Hall–Kier alpha value is -4.52. The van der Waals surface area contributed by atoms with Gasteiger partial charge in [0, 0.05) is 17.0 Å². The summed E-state index contributed by atoms with van der Waals surface area (Å²) in [4.78, 5) is 45.2. The third-order valence-electron chi connectivity index (χ3n) is 8.93. The Kier molecular flexibility index (Phi) is 12.7. The zero-order valence-electron chi connectivity index (χ0n) is 28.2. The maximum Gasteiger partial charge on any atom is 0.356 e. The largest absolute Gasteiger partial charge is 0.466 e. The number of carbonyl (C=O) groups is 3. The highest BCUT2D eigenvalue weighted by Gasteiger charge is 2.42. The monoisotopic (exact) mass is 637 g/mol. The number of hydrogen-bond acceptors (Lipinski definition) is 7. The van der Waals surface area contributed by atoms with Crippen molar-refractivity contribution in [2.45, 2.75) is 71.8 Å². The molecule has 0 heterocycles. The highest BCUT2D eigenvalue weighted by molar-refractivity contribution is 6.14. The van der Waals surface area contributed by atoms with Gasteiger partial charge in [-0.05, 0) is 49.7 Å². The Bertz CT molecular complexity index is 1490. The average Bonchev–Trinajstić information content (AvgIpc) is 3.07. The summed E-state index contributed by atoms with van der Waals surface area (Å²) in [5, 5.41) is 0. The minimum absolute atomic E-state index is 0.0579. The van der Waals surface area contributed by atoms with E-state index in [0.29, 0.717) is 18.1 Å². The van der Waals surface area contributed by atoms with Gasteiger partial charge in [-0.25, -0.2) is 9.79 Å². The number of rotatable bonds is 13. The highest BCUT2D eigenvalue weighted by Crippen LogP contribution is 2.44. The lowest BCUT2D eigenvalue weighted by atomic mass is 9.64. The van der Waals surface area contributed by atoms with Gasteiger partial charge < -0.3 is 14.2 Å². The Labute approximate surface area is 279 Å². The van der Waals surface area contributed by atoms with Crippen molar-refractivity contribution in [3.8, 4) is 0 Å². The molecule has 1 aliphatic rings. The molecule has 0 aliphatic heterocycles. The second-order valence-electron chi connectivity index (χ2n) is 12.7. The van der Waals surface area contributed by atoms with E-state index in [1.165, 1.54) is 11.6 Å². The number of aliphatic imine (C=N–C) groups is 1. The van der Waals surface area contributed by atoms with Crippen molar-refractivity contribution in [3.05, 3.63) is 119 Å². The summed E-state index contributed by atoms with van der Waals surface area (Å²) in [5.41, 5.74) is 2.91. The molecule has 7 heteroatoms. The normalized spacial score (nSPS) is 18.8. The van der Waals surface area contributed by atoms with Crippen LogP contribution in [0.15, 0.2) is 108 Å². The third kappa shape index (κ3) is 9.50. The van der Waals surface area contributed by atoms with Gasteiger partial charge in [-0.15, -0.1) is 0 Å². The SMILES string of the molecule is CCOC(=O)C[C@H](/C=C(\N=C(c1ccccc1)c1ccccc1)C(=O)OCC)C(=O)OC1CC(C)CCC1C(C)(C)c1ccccc1. The van der Waals surface area contributed by atoms with E-state index in [2.05, 4.69) is 32.9 Å². The number of hydrogen-bond donors (Lipinski definition) is 0. The predicted molar refractivity (Wildman–Crippen MR) is 184 cm³/mol. The summed E-state index contributed by atoms with van der Waals surface area (Å²) in [6, 6.07) is 29.2. The summed E-state index contributed by atoms with van der Waals surface area (Å²) in [6.07, 6.45) is 3.37. The van der Waals surface area contributed by atoms with Crippen molar-refractivity contribution in [2.24, 2.45) is 22.7 Å². The third-order valence-corrected chi connectivity index (χ3v) is 8.93. The molecule has 0 N–H and O–H groups in total. The molecule has 4 rings (SSSR count). The van der Waals surface area contributed by atoms with Crippen molar-refractivity contribution >= 4 is 23.6 Å². The van der Waals surface area contributed by atoms with E-state index in [-0.39, 0.29) is 42.8 Å². The molecule has 0 aromatic heterocycles. The van der Waals surface area contributed by atoms with Crippen LogP contribution in [0.2, 0.25) is 0 Å². The van der Waals surface area contributed by atoms with Gasteiger partial charge in [0.05, 0.1) is 31.3 Å². The Balaban J connectivity index is 1.76. The Morgan fingerprint density at radius 3 is 1.94 bits per heavy atom. The second kappa shape index (κ2) is 16.9. The molecule has 3 aromatic rings. The molecule has 47 heavy (non-hydrogen) atoms. The molecule has 7 nitrogen and oxygen atoms in total. The van der Waals surface area contributed by atoms with Gasteiger partial charge in [-0.1, -0.05) is 118 Å². The minimum Gasteiger partial charge on any atom is -0.466 e. The molecule has 3 aromatic carbocycles. The second-order valence-corrected chi connectivity index (χ2v) is 12.7. The fraction of sp³-hybridized carbons (Fsp3) is 0.400. The van der Waals surface area contributed by atoms with Gasteiger partial charge in [-0.2, -0.15) is 0 Å². The lowest BCUT2D eigenvalue weighted by Gasteiger charge is -2.44. The number of ether oxygens (including phenoxy) is 3. The van der Waals surface area contributed by atoms with Crippen LogP contribution < -0.4 is 0 Å². The summed E-state index contributed by atoms with van der Waals surface area (Å²) < 4.78 is 17.0. The first kappa shape index (κ1) is 35.3. The van der Waals surface area contributed by atoms with Gasteiger partial charge in [0.25, 0.3) is 0 Å². The predicted octanol–water partition coefficient (Wildman–Crippen LogP) is 7.87. The van der Waals surface area contributed by atoms with Crippen molar-refractivity contribution in [2.75, 3.05) is 13.2 Å². The van der Waals surface area contributed by atoms with E-state index in [1.807, 2.05) is 78.9 Å². The number of nitrogens with zero attached hydrogens (tertiary/aromatic N) is 1. The van der Waals surface area contributed by atoms with Crippen LogP contribution in [-0.4, -0.2) is 42.9 Å². The van der Waals surface area contributed by atoms with Gasteiger partial charge in [-0.3, -0.25) is 9.59 Å². The Morgan fingerprint density at radius 1 is 0.830 bits per heavy atom. The minimum atomic E-state index is -1.12. The number of esters is 3. The molecule has 0 radical (unpaired) electrons. The van der Waals surface area contributed by atoms with E-state index in [0.717, 1.165) is 24.0 Å². The van der Waals surface area contributed by atoms with Gasteiger partial charge in [0.2, 0.25) is 0 Å². The molecule has 1 aliphatic carbocycles. The zero-order chi connectivity index (χ0) is 33.8. The summed E-state index contributed by atoms with van der Waals surface area (Å²) >= 11 is 0. The first-order valence-electron chi connectivity index (χ1n) is 16.6. The van der Waals surface area contributed by atoms with E-state index < -0.39 is 23.8 Å². The fourth-order valence-corrected chi connectivity index (χ4v) is 6.37. The van der Waals surface area contributed by atoms with E-state index >= 15 is 0 Å². The highest BCUT2D eigenvalue weighted by atomic mass is 16.5. The first-order chi connectivity index (χ1) is 22.6. The first-order valence-corrected chi connectivity index (χ1v) is 16.6. The summed E-state index contributed by atoms with van der Waals surface area (Å²) in [6.45, 7) is 10.3. The average molecular weight is 638 g/mol. The molecule has 0 bridgehead atoms. The molecule has 1 fully saturated rings. The molecule has 3 unspecified atom stereocenters. The molecule has 248 valence electrons. The molecule has 0 saturated heterocycles. The van der Waals surface area contributed by atoms with E-state index in [4.69, 9.17) is 19.2 Å². The lowest BCUT2D eigenvalue weighted by molar-refractivity contribution is -0.163. The van der Waals surface area contributed by atoms with Crippen LogP contribution >= 0.6 is 0 Å². The van der Waals surface area contributed by atoms with Crippen LogP contribution in [0.5, 0.6) is 0 Å². The fourth-order valence-electron chi connectivity index (χ4n) is 6.37. The zero-order valence-corrected chi connectivity index (χ0v) is 28.2.